The van der Waals surface area contributed by atoms with Crippen LogP contribution < -0.4 is 14.8 Å². The Morgan fingerprint density at radius 2 is 1.86 bits per heavy atom. The molecular formula is C18H16Cl2N2O5S2. The lowest BCUT2D eigenvalue weighted by Crippen LogP contribution is -2.26. The number of nitrogens with one attached hydrogen (secondary N) is 2. The molecule has 2 aromatic rings. The first-order valence-electron chi connectivity index (χ1n) is 8.32. The van der Waals surface area contributed by atoms with Crippen LogP contribution >= 0.6 is 35.0 Å². The number of carbonyl (C=O) groups excluding carboxylic acids is 2. The number of benzene rings is 2. The predicted molar refractivity (Wildman–Crippen MR) is 112 cm³/mol. The summed E-state index contributed by atoms with van der Waals surface area (Å²) < 4.78 is 33.4. The zero-order chi connectivity index (χ0) is 21.2. The maximum atomic E-state index is 12.8. The highest BCUT2D eigenvalue weighted by Gasteiger charge is 2.32. The van der Waals surface area contributed by atoms with Gasteiger partial charge in [-0.2, -0.15) is 0 Å². The molecule has 3 rings (SSSR count). The van der Waals surface area contributed by atoms with Gasteiger partial charge in [-0.25, -0.2) is 13.1 Å². The average Bonchev–Trinajstić information content (AvgIpc) is 2.99. The molecule has 0 bridgehead atoms. The summed E-state index contributed by atoms with van der Waals surface area (Å²) in [6.45, 7) is -0.00395. The summed E-state index contributed by atoms with van der Waals surface area (Å²) in [6.07, 6.45) is 0.0905. The Bertz CT molecular complexity index is 1080. The number of methoxy groups -OCH3 is 1. The minimum absolute atomic E-state index is 0.00395. The molecule has 2 N–H and O–H groups in total. The van der Waals surface area contributed by atoms with E-state index in [0.29, 0.717) is 16.9 Å². The SMILES string of the molecule is COc1ccccc1CNS(=O)(=O)c1cc(CC2SC(=O)NC2=O)c(Cl)cc1Cl. The standard InChI is InChI=1S/C18H16Cl2N2O5S2/c1-27-14-5-3-2-4-10(14)9-21-29(25,26)16-7-11(12(19)8-13(16)20)6-15-17(23)22-18(24)28-15/h2-5,7-8,15,21H,6,9H2,1H3,(H,22,23,24). The Morgan fingerprint density at radius 3 is 2.52 bits per heavy atom. The summed E-state index contributed by atoms with van der Waals surface area (Å²) in [7, 11) is -2.48. The summed E-state index contributed by atoms with van der Waals surface area (Å²) in [5.41, 5.74) is 1.05. The van der Waals surface area contributed by atoms with E-state index in [1.807, 2.05) is 0 Å². The number of amides is 2. The highest BCUT2D eigenvalue weighted by Crippen LogP contribution is 2.32. The van der Waals surface area contributed by atoms with Crippen molar-refractivity contribution in [3.05, 3.63) is 57.6 Å². The van der Waals surface area contributed by atoms with Crippen LogP contribution in [0.4, 0.5) is 4.79 Å². The van der Waals surface area contributed by atoms with Gasteiger partial charge in [0.1, 0.15) is 10.6 Å². The molecule has 1 atom stereocenters. The zero-order valence-corrected chi connectivity index (χ0v) is 18.2. The molecule has 1 aliphatic rings. The van der Waals surface area contributed by atoms with Gasteiger partial charge in [-0.15, -0.1) is 0 Å². The molecule has 1 saturated heterocycles. The van der Waals surface area contributed by atoms with Gasteiger partial charge in [0.2, 0.25) is 15.9 Å². The molecule has 0 radical (unpaired) electrons. The number of hydrogen-bond donors (Lipinski definition) is 2. The maximum absolute atomic E-state index is 12.8. The fraction of sp³-hybridized carbons (Fsp3) is 0.222. The van der Waals surface area contributed by atoms with Crippen molar-refractivity contribution in [1.82, 2.24) is 10.0 Å². The van der Waals surface area contributed by atoms with Crippen LogP contribution in [0.15, 0.2) is 41.3 Å². The van der Waals surface area contributed by atoms with Gasteiger partial charge in [-0.1, -0.05) is 53.2 Å². The molecular weight excluding hydrogens is 459 g/mol. The molecule has 1 unspecified atom stereocenters. The molecule has 1 aliphatic heterocycles. The van der Waals surface area contributed by atoms with E-state index in [1.165, 1.54) is 19.2 Å². The molecule has 0 aliphatic carbocycles. The minimum atomic E-state index is -3.98. The number of thioether (sulfide) groups is 1. The van der Waals surface area contributed by atoms with E-state index < -0.39 is 26.4 Å². The normalized spacial score (nSPS) is 16.7. The van der Waals surface area contributed by atoms with Crippen molar-refractivity contribution in [1.29, 1.82) is 0 Å². The Kier molecular flexibility index (Phi) is 6.75. The van der Waals surface area contributed by atoms with Crippen molar-refractivity contribution in [3.63, 3.8) is 0 Å². The van der Waals surface area contributed by atoms with Crippen LogP contribution in [0.2, 0.25) is 10.0 Å². The lowest BCUT2D eigenvalue weighted by Gasteiger charge is -2.14. The summed E-state index contributed by atoms with van der Waals surface area (Å²) in [5.74, 6) is 0.108. The van der Waals surface area contributed by atoms with Gasteiger partial charge in [0.05, 0.1) is 17.4 Å². The quantitative estimate of drug-likeness (QED) is 0.637. The van der Waals surface area contributed by atoms with Crippen molar-refractivity contribution < 1.29 is 22.7 Å². The van der Waals surface area contributed by atoms with Gasteiger partial charge in [-0.3, -0.25) is 14.9 Å². The second kappa shape index (κ2) is 8.93. The Labute approximate surface area is 182 Å². The number of para-hydroxylation sites is 1. The fourth-order valence-corrected chi connectivity index (χ4v) is 5.49. The van der Waals surface area contributed by atoms with Crippen LogP contribution in [-0.4, -0.2) is 31.9 Å². The lowest BCUT2D eigenvalue weighted by atomic mass is 10.1. The molecule has 11 heteroatoms. The van der Waals surface area contributed by atoms with Crippen molar-refractivity contribution in [2.45, 2.75) is 23.1 Å². The summed E-state index contributed by atoms with van der Waals surface area (Å²) in [6, 6.07) is 9.65. The summed E-state index contributed by atoms with van der Waals surface area (Å²) in [4.78, 5) is 23.0. The predicted octanol–water partition coefficient (Wildman–Crippen LogP) is 3.37. The molecule has 29 heavy (non-hydrogen) atoms. The molecule has 2 aromatic carbocycles. The van der Waals surface area contributed by atoms with Gasteiger partial charge in [0.15, 0.2) is 0 Å². The fourth-order valence-electron chi connectivity index (χ4n) is 2.76. The van der Waals surface area contributed by atoms with E-state index in [2.05, 4.69) is 10.0 Å². The number of rotatable bonds is 7. The number of imide groups is 1. The van der Waals surface area contributed by atoms with Gasteiger partial charge in [-0.05, 0) is 30.2 Å². The van der Waals surface area contributed by atoms with E-state index in [1.54, 1.807) is 24.3 Å². The van der Waals surface area contributed by atoms with Crippen LogP contribution in [0.3, 0.4) is 0 Å². The van der Waals surface area contributed by atoms with Gasteiger partial charge in [0.25, 0.3) is 5.24 Å². The smallest absolute Gasteiger partial charge is 0.286 e. The molecule has 2 amide bonds. The number of ether oxygens (including phenoxy) is 1. The number of carbonyl (C=O) groups is 2. The lowest BCUT2D eigenvalue weighted by molar-refractivity contribution is -0.118. The zero-order valence-electron chi connectivity index (χ0n) is 15.1. The van der Waals surface area contributed by atoms with E-state index in [4.69, 9.17) is 27.9 Å². The maximum Gasteiger partial charge on any atom is 0.286 e. The second-order valence-electron chi connectivity index (χ2n) is 6.10. The third-order valence-electron chi connectivity index (χ3n) is 4.21. The Hall–Kier alpha value is -1.78. The second-order valence-corrected chi connectivity index (χ2v) is 9.82. The summed E-state index contributed by atoms with van der Waals surface area (Å²) >= 11 is 13.1. The van der Waals surface area contributed by atoms with E-state index in [9.17, 15) is 18.0 Å². The number of hydrogen-bond acceptors (Lipinski definition) is 6. The molecule has 1 fully saturated rings. The third kappa shape index (κ3) is 5.04. The van der Waals surface area contributed by atoms with E-state index in [0.717, 1.165) is 11.8 Å². The first kappa shape index (κ1) is 21.9. The minimum Gasteiger partial charge on any atom is -0.496 e. The number of halogens is 2. The van der Waals surface area contributed by atoms with Crippen LogP contribution in [0.1, 0.15) is 11.1 Å². The van der Waals surface area contributed by atoms with Crippen molar-refractivity contribution in [2.24, 2.45) is 0 Å². The van der Waals surface area contributed by atoms with Crippen molar-refractivity contribution >= 4 is 56.1 Å². The van der Waals surface area contributed by atoms with Crippen molar-refractivity contribution in [3.8, 4) is 5.75 Å². The molecule has 0 spiro atoms. The third-order valence-corrected chi connectivity index (χ3v) is 7.41. The largest absolute Gasteiger partial charge is 0.496 e. The highest BCUT2D eigenvalue weighted by molar-refractivity contribution is 8.15. The molecule has 0 aromatic heterocycles. The first-order chi connectivity index (χ1) is 13.7. The topological polar surface area (TPSA) is 102 Å². The van der Waals surface area contributed by atoms with Gasteiger partial charge < -0.3 is 4.74 Å². The first-order valence-corrected chi connectivity index (χ1v) is 11.4. The molecule has 1 heterocycles. The number of sulfonamides is 1. The monoisotopic (exact) mass is 474 g/mol. The van der Waals surface area contributed by atoms with Gasteiger partial charge in [0, 0.05) is 17.1 Å². The molecule has 0 saturated carbocycles. The van der Waals surface area contributed by atoms with E-state index >= 15 is 0 Å². The molecule has 7 nitrogen and oxygen atoms in total. The van der Waals surface area contributed by atoms with Crippen molar-refractivity contribution in [2.75, 3.05) is 7.11 Å². The highest BCUT2D eigenvalue weighted by atomic mass is 35.5. The van der Waals surface area contributed by atoms with Crippen LogP contribution in [0.25, 0.3) is 0 Å². The molecule has 154 valence electrons. The van der Waals surface area contributed by atoms with Crippen LogP contribution in [0.5, 0.6) is 5.75 Å². The average molecular weight is 475 g/mol. The summed E-state index contributed by atoms with van der Waals surface area (Å²) in [5, 5.41) is 1.22. The van der Waals surface area contributed by atoms with Gasteiger partial charge >= 0.3 is 0 Å². The van der Waals surface area contributed by atoms with Crippen LogP contribution in [-0.2, 0) is 27.8 Å². The Morgan fingerprint density at radius 1 is 1.14 bits per heavy atom. The Balaban J connectivity index is 1.85. The van der Waals surface area contributed by atoms with Crippen LogP contribution in [0, 0.1) is 0 Å². The van der Waals surface area contributed by atoms with E-state index in [-0.39, 0.29) is 27.9 Å².